The quantitative estimate of drug-likeness (QED) is 0.207. The van der Waals surface area contributed by atoms with Crippen molar-refractivity contribution in [3.05, 3.63) is 82.7 Å². The van der Waals surface area contributed by atoms with Gasteiger partial charge in [-0.15, -0.1) is 0 Å². The van der Waals surface area contributed by atoms with Crippen LogP contribution in [0.3, 0.4) is 0 Å². The van der Waals surface area contributed by atoms with Crippen molar-refractivity contribution in [2.75, 3.05) is 26.4 Å². The summed E-state index contributed by atoms with van der Waals surface area (Å²) in [5.41, 5.74) is 0.257. The van der Waals surface area contributed by atoms with E-state index in [9.17, 15) is 13.6 Å². The average Bonchev–Trinajstić information content (AvgIpc) is 2.97. The van der Waals surface area contributed by atoms with Gasteiger partial charge in [0.1, 0.15) is 48.0 Å². The molecule has 2 heterocycles. The lowest BCUT2D eigenvalue weighted by Crippen LogP contribution is -2.40. The number of benzene rings is 3. The van der Waals surface area contributed by atoms with Gasteiger partial charge < -0.3 is 14.4 Å². The number of fused-ring (bicyclic) bond motifs is 1. The zero-order chi connectivity index (χ0) is 28.9. The van der Waals surface area contributed by atoms with Gasteiger partial charge in [-0.3, -0.25) is 9.36 Å². The van der Waals surface area contributed by atoms with E-state index in [1.165, 1.54) is 36.4 Å². The smallest absolute Gasteiger partial charge is 0.261 e. The summed E-state index contributed by atoms with van der Waals surface area (Å²) in [7, 11) is 0. The van der Waals surface area contributed by atoms with Crippen LogP contribution in [0.4, 0.5) is 13.2 Å². The van der Waals surface area contributed by atoms with Crippen LogP contribution in [0.25, 0.3) is 22.3 Å². The summed E-state index contributed by atoms with van der Waals surface area (Å²) < 4.78 is 53.9. The van der Waals surface area contributed by atoms with E-state index in [-0.39, 0.29) is 35.1 Å². The van der Waals surface area contributed by atoms with E-state index in [2.05, 4.69) is 18.7 Å². The normalized spacial score (nSPS) is 15.9. The van der Waals surface area contributed by atoms with Crippen LogP contribution >= 0.6 is 0 Å². The largest absolute Gasteiger partial charge is 0.491 e. The second-order valence-electron chi connectivity index (χ2n) is 10.7. The van der Waals surface area contributed by atoms with Gasteiger partial charge in [-0.05, 0) is 100 Å². The van der Waals surface area contributed by atoms with Crippen molar-refractivity contribution >= 4 is 10.9 Å². The molecule has 1 aliphatic heterocycles. The number of halogens is 3. The third kappa shape index (κ3) is 6.73. The molecule has 0 aliphatic carbocycles. The van der Waals surface area contributed by atoms with Crippen molar-refractivity contribution in [3.8, 4) is 28.6 Å². The highest BCUT2D eigenvalue weighted by Crippen LogP contribution is 2.29. The molecule has 0 unspecified atom stereocenters. The third-order valence-electron chi connectivity index (χ3n) is 7.54. The second kappa shape index (κ2) is 12.8. The Morgan fingerprint density at radius 2 is 1.76 bits per heavy atom. The Morgan fingerprint density at radius 3 is 2.49 bits per heavy atom. The number of piperidine rings is 1. The molecule has 1 saturated heterocycles. The standard InChI is InChI=1S/C32H34F3N3O3/c1-21(2)37-15-3-4-22(20-37)13-16-38-31(27-11-9-25(19-29(27)35)40-17-14-33)36-30-12-10-26(18-28(30)32(38)39)41-24-7-5-23(34)6-8-24/h5-12,18-19,21-22H,3-4,13-17,20H2,1-2H3/t22-/m1/s1. The van der Waals surface area contributed by atoms with Crippen LogP contribution in [-0.2, 0) is 6.54 Å². The van der Waals surface area contributed by atoms with Gasteiger partial charge in [0.15, 0.2) is 0 Å². The molecule has 0 spiro atoms. The molecule has 1 fully saturated rings. The maximum atomic E-state index is 15.4. The minimum absolute atomic E-state index is 0.163. The number of hydrogen-bond acceptors (Lipinski definition) is 5. The van der Waals surface area contributed by atoms with E-state index >= 15 is 4.39 Å². The summed E-state index contributed by atoms with van der Waals surface area (Å²) in [6.45, 7) is 5.91. The fourth-order valence-electron chi connectivity index (χ4n) is 5.35. The monoisotopic (exact) mass is 565 g/mol. The summed E-state index contributed by atoms with van der Waals surface area (Å²) in [6, 6.07) is 15.2. The zero-order valence-electron chi connectivity index (χ0n) is 23.3. The summed E-state index contributed by atoms with van der Waals surface area (Å²) in [5.74, 6) is 0.678. The number of aromatic nitrogens is 2. The molecule has 5 rings (SSSR count). The predicted molar refractivity (Wildman–Crippen MR) is 153 cm³/mol. The van der Waals surface area contributed by atoms with Gasteiger partial charge in [-0.1, -0.05) is 0 Å². The first-order valence-corrected chi connectivity index (χ1v) is 14.0. The van der Waals surface area contributed by atoms with Gasteiger partial charge in [0.05, 0.1) is 16.5 Å². The number of alkyl halides is 1. The van der Waals surface area contributed by atoms with Crippen molar-refractivity contribution in [3.63, 3.8) is 0 Å². The lowest BCUT2D eigenvalue weighted by atomic mass is 9.94. The number of likely N-dealkylation sites (tertiary alicyclic amines) is 1. The fraction of sp³-hybridized carbons (Fsp3) is 0.375. The van der Waals surface area contributed by atoms with Gasteiger partial charge in [0.25, 0.3) is 5.56 Å². The number of hydrogen-bond donors (Lipinski definition) is 0. The van der Waals surface area contributed by atoms with Gasteiger partial charge in [-0.25, -0.2) is 18.2 Å². The van der Waals surface area contributed by atoms with E-state index in [1.54, 1.807) is 28.8 Å². The summed E-state index contributed by atoms with van der Waals surface area (Å²) in [4.78, 5) is 21.1. The highest BCUT2D eigenvalue weighted by molar-refractivity contribution is 5.81. The molecule has 4 aromatic rings. The van der Waals surface area contributed by atoms with Crippen LogP contribution in [0.2, 0.25) is 0 Å². The highest BCUT2D eigenvalue weighted by Gasteiger charge is 2.23. The van der Waals surface area contributed by atoms with Crippen LogP contribution in [0.5, 0.6) is 17.2 Å². The third-order valence-corrected chi connectivity index (χ3v) is 7.54. The van der Waals surface area contributed by atoms with Crippen LogP contribution < -0.4 is 15.0 Å². The Bertz CT molecular complexity index is 1560. The number of ether oxygens (including phenoxy) is 2. The molecule has 0 N–H and O–H groups in total. The summed E-state index contributed by atoms with van der Waals surface area (Å²) in [6.07, 6.45) is 2.91. The van der Waals surface area contributed by atoms with E-state index in [0.29, 0.717) is 40.9 Å². The molecule has 1 aromatic heterocycles. The maximum absolute atomic E-state index is 15.4. The molecule has 216 valence electrons. The van der Waals surface area contributed by atoms with Gasteiger partial charge >= 0.3 is 0 Å². The average molecular weight is 566 g/mol. The summed E-state index contributed by atoms with van der Waals surface area (Å²) in [5, 5.41) is 0.337. The summed E-state index contributed by atoms with van der Waals surface area (Å²) >= 11 is 0. The molecule has 3 aromatic carbocycles. The van der Waals surface area contributed by atoms with Crippen molar-refractivity contribution in [1.29, 1.82) is 0 Å². The van der Waals surface area contributed by atoms with Crippen LogP contribution in [-0.4, -0.2) is 46.9 Å². The topological polar surface area (TPSA) is 56.6 Å². The van der Waals surface area contributed by atoms with Gasteiger partial charge in [-0.2, -0.15) is 0 Å². The van der Waals surface area contributed by atoms with E-state index < -0.39 is 12.5 Å². The molecule has 1 atom stereocenters. The minimum Gasteiger partial charge on any atom is -0.491 e. The van der Waals surface area contributed by atoms with Crippen molar-refractivity contribution in [2.24, 2.45) is 5.92 Å². The molecular formula is C32H34F3N3O3. The van der Waals surface area contributed by atoms with Crippen molar-refractivity contribution < 1.29 is 22.6 Å². The van der Waals surface area contributed by atoms with Crippen LogP contribution in [0, 0.1) is 17.6 Å². The maximum Gasteiger partial charge on any atom is 0.261 e. The van der Waals surface area contributed by atoms with E-state index in [0.717, 1.165) is 32.4 Å². The van der Waals surface area contributed by atoms with E-state index in [4.69, 9.17) is 14.5 Å². The van der Waals surface area contributed by atoms with Crippen molar-refractivity contribution in [2.45, 2.75) is 45.7 Å². The lowest BCUT2D eigenvalue weighted by Gasteiger charge is -2.35. The Labute approximate surface area is 237 Å². The molecule has 6 nitrogen and oxygen atoms in total. The Morgan fingerprint density at radius 1 is 1.00 bits per heavy atom. The number of rotatable bonds is 10. The first-order chi connectivity index (χ1) is 19.8. The van der Waals surface area contributed by atoms with Crippen LogP contribution in [0.1, 0.15) is 33.1 Å². The molecule has 1 aliphatic rings. The molecular weight excluding hydrogens is 531 g/mol. The van der Waals surface area contributed by atoms with E-state index in [1.807, 2.05) is 0 Å². The molecule has 0 radical (unpaired) electrons. The highest BCUT2D eigenvalue weighted by atomic mass is 19.1. The Hall–Kier alpha value is -3.85. The Balaban J connectivity index is 1.52. The lowest BCUT2D eigenvalue weighted by molar-refractivity contribution is 0.132. The second-order valence-corrected chi connectivity index (χ2v) is 10.7. The van der Waals surface area contributed by atoms with Gasteiger partial charge in [0.2, 0.25) is 0 Å². The SMILES string of the molecule is CC(C)N1CCC[C@H](CCn2c(-c3ccc(OCCF)cc3F)nc3ccc(Oc4ccc(F)cc4)cc3c2=O)C1. The predicted octanol–water partition coefficient (Wildman–Crippen LogP) is 6.99. The minimum atomic E-state index is -0.683. The number of nitrogens with zero attached hydrogens (tertiary/aromatic N) is 3. The Kier molecular flexibility index (Phi) is 8.93. The van der Waals surface area contributed by atoms with Crippen LogP contribution in [0.15, 0.2) is 65.5 Å². The molecule has 9 heteroatoms. The molecule has 0 amide bonds. The molecule has 41 heavy (non-hydrogen) atoms. The molecule has 0 bridgehead atoms. The zero-order valence-corrected chi connectivity index (χ0v) is 23.3. The van der Waals surface area contributed by atoms with Gasteiger partial charge in [0, 0.05) is 25.2 Å². The fourth-order valence-corrected chi connectivity index (χ4v) is 5.35. The first kappa shape index (κ1) is 28.7. The van der Waals surface area contributed by atoms with Crippen molar-refractivity contribution in [1.82, 2.24) is 14.5 Å². The first-order valence-electron chi connectivity index (χ1n) is 14.0. The molecule has 0 saturated carbocycles.